The summed E-state index contributed by atoms with van der Waals surface area (Å²) in [7, 11) is 0. The van der Waals surface area contributed by atoms with Crippen LogP contribution in [0.25, 0.3) is 0 Å². The summed E-state index contributed by atoms with van der Waals surface area (Å²) in [5.41, 5.74) is 4.29. The number of carbonyl (C=O) groups excluding carboxylic acids is 1. The molecule has 29 heavy (non-hydrogen) atoms. The van der Waals surface area contributed by atoms with Gasteiger partial charge in [-0.15, -0.1) is 0 Å². The normalized spacial score (nSPS) is 19.0. The molecular formula is C23H33N5O. The minimum absolute atomic E-state index is 0.135. The Kier molecular flexibility index (Phi) is 6.28. The quantitative estimate of drug-likeness (QED) is 0.783. The molecule has 1 aliphatic heterocycles. The van der Waals surface area contributed by atoms with Crippen molar-refractivity contribution < 1.29 is 4.79 Å². The lowest BCUT2D eigenvalue weighted by Gasteiger charge is -2.25. The van der Waals surface area contributed by atoms with Crippen LogP contribution in [0.2, 0.25) is 0 Å². The summed E-state index contributed by atoms with van der Waals surface area (Å²) in [6.07, 6.45) is 7.97. The Morgan fingerprint density at radius 2 is 2.10 bits per heavy atom. The summed E-state index contributed by atoms with van der Waals surface area (Å²) >= 11 is 0. The average molecular weight is 396 g/mol. The maximum absolute atomic E-state index is 13.1. The van der Waals surface area contributed by atoms with Crippen LogP contribution in [0.1, 0.15) is 60.5 Å². The van der Waals surface area contributed by atoms with E-state index >= 15 is 0 Å². The molecule has 1 unspecified atom stereocenters. The average Bonchev–Trinajstić information content (AvgIpc) is 3.37. The maximum atomic E-state index is 13.1. The topological polar surface area (TPSA) is 63.1 Å². The van der Waals surface area contributed by atoms with Crippen molar-refractivity contribution in [3.05, 3.63) is 47.0 Å². The van der Waals surface area contributed by atoms with Crippen molar-refractivity contribution in [2.75, 3.05) is 19.6 Å². The van der Waals surface area contributed by atoms with Gasteiger partial charge in [-0.2, -0.15) is 5.10 Å². The number of hydrogen-bond acceptors (Lipinski definition) is 4. The Labute approximate surface area is 173 Å². The first-order chi connectivity index (χ1) is 14.1. The van der Waals surface area contributed by atoms with Crippen molar-refractivity contribution in [2.24, 2.45) is 5.92 Å². The zero-order valence-electron chi connectivity index (χ0n) is 17.7. The molecule has 0 aromatic carbocycles. The summed E-state index contributed by atoms with van der Waals surface area (Å²) < 4.78 is 2.12. The van der Waals surface area contributed by atoms with Crippen LogP contribution in [0.5, 0.6) is 0 Å². The number of pyridine rings is 1. The number of aromatic nitrogens is 3. The molecule has 1 fully saturated rings. The predicted octanol–water partition coefficient (Wildman–Crippen LogP) is 2.86. The fraction of sp³-hybridized carbons (Fsp3) is 0.609. The first-order valence-corrected chi connectivity index (χ1v) is 11.1. The van der Waals surface area contributed by atoms with Crippen LogP contribution in [0.4, 0.5) is 0 Å². The molecule has 0 spiro atoms. The molecule has 1 N–H and O–H groups in total. The molecular weight excluding hydrogens is 362 g/mol. The van der Waals surface area contributed by atoms with Gasteiger partial charge in [0.15, 0.2) is 5.69 Å². The smallest absolute Gasteiger partial charge is 0.274 e. The van der Waals surface area contributed by atoms with Gasteiger partial charge in [0.25, 0.3) is 5.91 Å². The van der Waals surface area contributed by atoms with E-state index in [4.69, 9.17) is 5.10 Å². The summed E-state index contributed by atoms with van der Waals surface area (Å²) in [6, 6.07) is 6.46. The third-order valence-corrected chi connectivity index (χ3v) is 6.02. The Hall–Kier alpha value is -2.21. The number of rotatable bonds is 7. The predicted molar refractivity (Wildman–Crippen MR) is 114 cm³/mol. The highest BCUT2D eigenvalue weighted by molar-refractivity contribution is 5.94. The fourth-order valence-corrected chi connectivity index (χ4v) is 4.55. The zero-order chi connectivity index (χ0) is 20.2. The van der Waals surface area contributed by atoms with E-state index < -0.39 is 0 Å². The minimum Gasteiger partial charge on any atom is -0.337 e. The number of fused-ring (bicyclic) bond motifs is 1. The SMILES string of the molecule is CC(C)Cn1nc(C(=O)N2CCCC2)c2c1CCC(NCCc1ccccn1)C2. The fourth-order valence-electron chi connectivity index (χ4n) is 4.55. The molecule has 2 aromatic heterocycles. The Balaban J connectivity index is 1.47. The van der Waals surface area contributed by atoms with Gasteiger partial charge in [-0.1, -0.05) is 19.9 Å². The third-order valence-electron chi connectivity index (χ3n) is 6.02. The second-order valence-corrected chi connectivity index (χ2v) is 8.81. The third kappa shape index (κ3) is 4.69. The van der Waals surface area contributed by atoms with Gasteiger partial charge < -0.3 is 10.2 Å². The lowest BCUT2D eigenvalue weighted by Crippen LogP contribution is -2.37. The van der Waals surface area contributed by atoms with Crippen LogP contribution in [0.15, 0.2) is 24.4 Å². The van der Waals surface area contributed by atoms with Gasteiger partial charge in [-0.3, -0.25) is 14.5 Å². The van der Waals surface area contributed by atoms with E-state index in [1.165, 1.54) is 11.3 Å². The van der Waals surface area contributed by atoms with E-state index in [9.17, 15) is 4.79 Å². The van der Waals surface area contributed by atoms with Crippen LogP contribution < -0.4 is 5.32 Å². The zero-order valence-corrected chi connectivity index (χ0v) is 17.7. The highest BCUT2D eigenvalue weighted by Crippen LogP contribution is 2.27. The van der Waals surface area contributed by atoms with E-state index in [-0.39, 0.29) is 5.91 Å². The van der Waals surface area contributed by atoms with Gasteiger partial charge in [0, 0.05) is 61.8 Å². The number of hydrogen-bond donors (Lipinski definition) is 1. The number of nitrogens with zero attached hydrogens (tertiary/aromatic N) is 4. The Morgan fingerprint density at radius 1 is 1.28 bits per heavy atom. The molecule has 3 heterocycles. The van der Waals surface area contributed by atoms with Crippen molar-refractivity contribution >= 4 is 5.91 Å². The molecule has 6 nitrogen and oxygen atoms in total. The van der Waals surface area contributed by atoms with Crippen LogP contribution in [-0.4, -0.2) is 51.2 Å². The molecule has 1 saturated heterocycles. The number of carbonyl (C=O) groups is 1. The summed E-state index contributed by atoms with van der Waals surface area (Å²) in [5, 5.41) is 8.52. The van der Waals surface area contributed by atoms with Gasteiger partial charge in [-0.25, -0.2) is 0 Å². The molecule has 1 atom stereocenters. The van der Waals surface area contributed by atoms with Gasteiger partial charge >= 0.3 is 0 Å². The Morgan fingerprint density at radius 3 is 2.83 bits per heavy atom. The van der Waals surface area contributed by atoms with E-state index in [0.29, 0.717) is 17.7 Å². The van der Waals surface area contributed by atoms with E-state index in [1.807, 2.05) is 23.2 Å². The summed E-state index contributed by atoms with van der Waals surface area (Å²) in [6.45, 7) is 7.95. The summed E-state index contributed by atoms with van der Waals surface area (Å²) in [5.74, 6) is 0.651. The van der Waals surface area contributed by atoms with Crippen LogP contribution in [0.3, 0.4) is 0 Å². The van der Waals surface area contributed by atoms with Gasteiger partial charge in [0.2, 0.25) is 0 Å². The molecule has 0 bridgehead atoms. The second kappa shape index (κ2) is 9.08. The van der Waals surface area contributed by atoms with Crippen LogP contribution in [-0.2, 0) is 25.8 Å². The minimum atomic E-state index is 0.135. The molecule has 0 saturated carbocycles. The molecule has 2 aliphatic rings. The van der Waals surface area contributed by atoms with Crippen LogP contribution >= 0.6 is 0 Å². The Bertz CT molecular complexity index is 823. The van der Waals surface area contributed by atoms with Crippen molar-refractivity contribution in [1.82, 2.24) is 25.0 Å². The highest BCUT2D eigenvalue weighted by Gasteiger charge is 2.31. The van der Waals surface area contributed by atoms with Gasteiger partial charge in [-0.05, 0) is 50.2 Å². The van der Waals surface area contributed by atoms with Crippen molar-refractivity contribution in [3.8, 4) is 0 Å². The molecule has 2 aromatic rings. The monoisotopic (exact) mass is 395 g/mol. The molecule has 1 aliphatic carbocycles. The molecule has 6 heteroatoms. The van der Waals surface area contributed by atoms with E-state index in [2.05, 4.69) is 34.9 Å². The largest absolute Gasteiger partial charge is 0.337 e. The van der Waals surface area contributed by atoms with Crippen molar-refractivity contribution in [3.63, 3.8) is 0 Å². The second-order valence-electron chi connectivity index (χ2n) is 8.81. The van der Waals surface area contributed by atoms with Crippen LogP contribution in [0, 0.1) is 5.92 Å². The van der Waals surface area contributed by atoms with Crippen molar-refractivity contribution in [2.45, 2.75) is 65.0 Å². The first-order valence-electron chi connectivity index (χ1n) is 11.1. The standard InChI is InChI=1S/C23H33N5O/c1-17(2)16-28-21-9-8-19(25-12-10-18-7-3-4-11-24-18)15-20(21)22(26-28)23(29)27-13-5-6-14-27/h3-4,7,11,17,19,25H,5-6,8-10,12-16H2,1-2H3. The number of likely N-dealkylation sites (tertiary alicyclic amines) is 1. The molecule has 1 amide bonds. The maximum Gasteiger partial charge on any atom is 0.274 e. The first kappa shape index (κ1) is 20.1. The van der Waals surface area contributed by atoms with Gasteiger partial charge in [0.05, 0.1) is 0 Å². The van der Waals surface area contributed by atoms with E-state index in [1.54, 1.807) is 0 Å². The van der Waals surface area contributed by atoms with Gasteiger partial charge in [0.1, 0.15) is 0 Å². The lowest BCUT2D eigenvalue weighted by molar-refractivity contribution is 0.0784. The van der Waals surface area contributed by atoms with Crippen molar-refractivity contribution in [1.29, 1.82) is 0 Å². The van der Waals surface area contributed by atoms with E-state index in [0.717, 1.165) is 70.4 Å². The highest BCUT2D eigenvalue weighted by atomic mass is 16.2. The lowest BCUT2D eigenvalue weighted by atomic mass is 9.91. The number of amides is 1. The molecule has 0 radical (unpaired) electrons. The number of nitrogens with one attached hydrogen (secondary N) is 1. The molecule has 4 rings (SSSR count). The summed E-state index contributed by atoms with van der Waals surface area (Å²) in [4.78, 5) is 19.5. The molecule has 156 valence electrons.